The molecule has 1 N–H and O–H groups in total. The number of amides is 1. The van der Waals surface area contributed by atoms with Crippen LogP contribution >= 0.6 is 0 Å². The van der Waals surface area contributed by atoms with E-state index in [9.17, 15) is 18.0 Å². The van der Waals surface area contributed by atoms with Crippen molar-refractivity contribution in [1.29, 1.82) is 5.26 Å². The molecule has 0 aromatic heterocycles. The number of carbonyl (C=O) groups is 1. The topological polar surface area (TPSA) is 96.2 Å². The van der Waals surface area contributed by atoms with Crippen molar-refractivity contribution in [2.24, 2.45) is 10.9 Å². The Bertz CT molecular complexity index is 1230. The fraction of sp³-hybridized carbons (Fsp3) is 0.600. The summed E-state index contributed by atoms with van der Waals surface area (Å²) in [6, 6.07) is 3.92. The van der Waals surface area contributed by atoms with Crippen molar-refractivity contribution >= 4 is 30.5 Å². The van der Waals surface area contributed by atoms with Crippen molar-refractivity contribution in [3.05, 3.63) is 41.0 Å². The number of halogens is 3. The van der Waals surface area contributed by atoms with Gasteiger partial charge in [-0.15, -0.1) is 0 Å². The van der Waals surface area contributed by atoms with Crippen molar-refractivity contribution < 1.29 is 32.1 Å². The summed E-state index contributed by atoms with van der Waals surface area (Å²) in [6.45, 7) is 7.35. The first-order chi connectivity index (χ1) is 19.9. The number of alkyl carbamates (subject to hydrolysis) is 1. The van der Waals surface area contributed by atoms with E-state index in [0.29, 0.717) is 48.5 Å². The Morgan fingerprint density at radius 2 is 1.93 bits per heavy atom. The van der Waals surface area contributed by atoms with E-state index in [0.717, 1.165) is 39.2 Å². The maximum atomic E-state index is 14.1. The Kier molecular flexibility index (Phi) is 11.5. The maximum absolute atomic E-state index is 14.1. The number of hydrogen-bond donors (Lipinski definition) is 1. The van der Waals surface area contributed by atoms with Crippen LogP contribution in [0.25, 0.3) is 5.70 Å². The van der Waals surface area contributed by atoms with Gasteiger partial charge in [-0.05, 0) is 5.92 Å². The molecule has 0 spiro atoms. The number of nitrogens with one attached hydrogen (secondary N) is 1. The van der Waals surface area contributed by atoms with Gasteiger partial charge in [0.2, 0.25) is 0 Å². The molecule has 1 aromatic carbocycles. The van der Waals surface area contributed by atoms with E-state index in [2.05, 4.69) is 10.3 Å². The van der Waals surface area contributed by atoms with Gasteiger partial charge in [0.15, 0.2) is 0 Å². The molecule has 0 radical (unpaired) electrons. The molecule has 3 rings (SSSR count). The SMILES string of the molecule is C/C=C(\N=C(OC)C1CCCN1C(=BOC#N)NC(=O)OC(C)(C)C)c1ccc(CCC2CCCC2)c(C(F)(F)F)c1. The molecule has 2 aliphatic rings. The first-order valence-corrected chi connectivity index (χ1v) is 14.4. The summed E-state index contributed by atoms with van der Waals surface area (Å²) in [7, 11) is 2.54. The zero-order valence-corrected chi connectivity index (χ0v) is 25.0. The fourth-order valence-electron chi connectivity index (χ4n) is 5.52. The van der Waals surface area contributed by atoms with Gasteiger partial charge in [0.05, 0.1) is 0 Å². The average molecular weight is 588 g/mol. The van der Waals surface area contributed by atoms with Crippen molar-refractivity contribution in [2.45, 2.75) is 96.9 Å². The van der Waals surface area contributed by atoms with Crippen molar-refractivity contribution in [3.63, 3.8) is 0 Å². The summed E-state index contributed by atoms with van der Waals surface area (Å²) in [4.78, 5) is 18.9. The monoisotopic (exact) mass is 588 g/mol. The number of hydrogen-bond acceptors (Lipinski definition) is 7. The van der Waals surface area contributed by atoms with Crippen LogP contribution in [0.4, 0.5) is 18.0 Å². The number of allylic oxidation sites excluding steroid dienone is 1. The molecule has 2 fully saturated rings. The van der Waals surface area contributed by atoms with E-state index in [1.807, 2.05) is 0 Å². The molecule has 1 heterocycles. The standard InChI is InChI=1S/C30H40BF3N4O4/c1-6-24(22-16-15-21(23(18-22)30(32,33)34)14-13-20-10-7-8-11-20)36-26(40-5)25-12-9-17-38(25)27(31-41-19-35)37-28(39)42-29(2,3)4/h6,15-16,18,20,25H,7-14,17H2,1-5H3,(H,37,39)/b24-6-,36-26?. The molecule has 228 valence electrons. The number of likely N-dealkylation sites (tertiary alicyclic amines) is 1. The van der Waals surface area contributed by atoms with Crippen molar-refractivity contribution in [1.82, 2.24) is 10.2 Å². The summed E-state index contributed by atoms with van der Waals surface area (Å²) >= 11 is 0. The fourth-order valence-corrected chi connectivity index (χ4v) is 5.52. The van der Waals surface area contributed by atoms with Crippen LogP contribution in [0, 0.1) is 17.4 Å². The molecule has 8 nitrogen and oxygen atoms in total. The number of alkyl halides is 3. The van der Waals surface area contributed by atoms with Crippen LogP contribution in [-0.2, 0) is 26.7 Å². The molecular weight excluding hydrogens is 548 g/mol. The van der Waals surface area contributed by atoms with Gasteiger partial charge in [-0.3, -0.25) is 0 Å². The quantitative estimate of drug-likeness (QED) is 0.155. The number of aliphatic imine (C=N–C) groups is 1. The van der Waals surface area contributed by atoms with Crippen LogP contribution in [0.2, 0.25) is 0 Å². The Morgan fingerprint density at radius 3 is 2.52 bits per heavy atom. The van der Waals surface area contributed by atoms with Gasteiger partial charge >= 0.3 is 215 Å². The van der Waals surface area contributed by atoms with E-state index >= 15 is 0 Å². The number of nitrogens with zero attached hydrogens (tertiary/aromatic N) is 3. The van der Waals surface area contributed by atoms with Gasteiger partial charge in [-0.1, -0.05) is 25.7 Å². The van der Waals surface area contributed by atoms with E-state index in [1.165, 1.54) is 13.2 Å². The second kappa shape index (κ2) is 14.6. The molecule has 0 bridgehead atoms. The van der Waals surface area contributed by atoms with E-state index in [4.69, 9.17) is 19.4 Å². The third kappa shape index (κ3) is 9.26. The zero-order chi connectivity index (χ0) is 30.9. The Morgan fingerprint density at radius 1 is 1.21 bits per heavy atom. The number of benzene rings is 1. The van der Waals surface area contributed by atoms with Gasteiger partial charge in [-0.25, -0.2) is 0 Å². The molecule has 1 aliphatic carbocycles. The van der Waals surface area contributed by atoms with Gasteiger partial charge in [0, 0.05) is 0 Å². The van der Waals surface area contributed by atoms with Crippen LogP contribution in [0.15, 0.2) is 29.3 Å². The van der Waals surface area contributed by atoms with Crippen LogP contribution in [0.5, 0.6) is 0 Å². The number of methoxy groups -OCH3 is 1. The molecule has 1 amide bonds. The van der Waals surface area contributed by atoms with Gasteiger partial charge < -0.3 is 0 Å². The summed E-state index contributed by atoms with van der Waals surface area (Å²) in [5, 5.41) is 11.6. The summed E-state index contributed by atoms with van der Waals surface area (Å²) < 4.78 is 58.2. The first-order valence-electron chi connectivity index (χ1n) is 14.4. The first kappa shape index (κ1) is 33.0. The van der Waals surface area contributed by atoms with Gasteiger partial charge in [-0.2, -0.15) is 0 Å². The summed E-state index contributed by atoms with van der Waals surface area (Å²) in [6.07, 6.45) is 4.86. The Labute approximate surface area is 246 Å². The molecular formula is C30H40BF3N4O4. The minimum atomic E-state index is -4.50. The number of rotatable bonds is 9. The number of nitriles is 1. The third-order valence-corrected chi connectivity index (χ3v) is 7.42. The van der Waals surface area contributed by atoms with Crippen molar-refractivity contribution in [2.75, 3.05) is 13.7 Å². The van der Waals surface area contributed by atoms with Crippen LogP contribution in [0.3, 0.4) is 0 Å². The zero-order valence-electron chi connectivity index (χ0n) is 25.0. The molecule has 1 aliphatic heterocycles. The van der Waals surface area contributed by atoms with Crippen LogP contribution in [-0.4, -0.2) is 55.0 Å². The van der Waals surface area contributed by atoms with Crippen LogP contribution < -0.4 is 5.32 Å². The number of ether oxygens (including phenoxy) is 2. The van der Waals surface area contributed by atoms with E-state index < -0.39 is 29.5 Å². The molecule has 1 aromatic rings. The number of aryl methyl sites for hydroxylation is 1. The molecule has 1 saturated carbocycles. The van der Waals surface area contributed by atoms with E-state index in [1.54, 1.807) is 57.1 Å². The van der Waals surface area contributed by atoms with E-state index in [-0.39, 0.29) is 11.6 Å². The Hall–Kier alpha value is -3.49. The molecule has 1 saturated heterocycles. The van der Waals surface area contributed by atoms with Crippen molar-refractivity contribution in [3.8, 4) is 6.26 Å². The predicted octanol–water partition coefficient (Wildman–Crippen LogP) is 6.43. The number of carbonyl (C=O) groups excluding carboxylic acids is 1. The molecule has 42 heavy (non-hydrogen) atoms. The van der Waals surface area contributed by atoms with Gasteiger partial charge in [0.25, 0.3) is 0 Å². The Balaban J connectivity index is 1.89. The van der Waals surface area contributed by atoms with Crippen LogP contribution in [0.1, 0.15) is 89.3 Å². The normalized spacial score (nSPS) is 18.9. The minimum absolute atomic E-state index is 0.172. The molecule has 12 heteroatoms. The second-order valence-corrected chi connectivity index (χ2v) is 11.6. The van der Waals surface area contributed by atoms with Gasteiger partial charge in [0.1, 0.15) is 0 Å². The molecule has 1 atom stereocenters. The molecule has 1 unspecified atom stereocenters. The average Bonchev–Trinajstić information content (AvgIpc) is 3.62. The second-order valence-electron chi connectivity index (χ2n) is 11.6. The summed E-state index contributed by atoms with van der Waals surface area (Å²) in [5.41, 5.74) is -0.279. The summed E-state index contributed by atoms with van der Waals surface area (Å²) in [5.74, 6) is 0.732. The third-order valence-electron chi connectivity index (χ3n) is 7.42. The predicted molar refractivity (Wildman–Crippen MR) is 156 cm³/mol.